The van der Waals surface area contributed by atoms with Crippen molar-refractivity contribution in [3.8, 4) is 0 Å². The molecule has 1 rings (SSSR count). The van der Waals surface area contributed by atoms with E-state index in [-0.39, 0.29) is 18.2 Å². The van der Waals surface area contributed by atoms with Gasteiger partial charge in [-0.3, -0.25) is 4.79 Å². The molecule has 0 aliphatic rings. The van der Waals surface area contributed by atoms with Crippen molar-refractivity contribution in [1.82, 2.24) is 0 Å². The summed E-state index contributed by atoms with van der Waals surface area (Å²) < 4.78 is 1.02. The maximum atomic E-state index is 12.3. The van der Waals surface area contributed by atoms with Crippen LogP contribution in [0.3, 0.4) is 0 Å². The van der Waals surface area contributed by atoms with Crippen LogP contribution in [0.15, 0.2) is 24.3 Å². The van der Waals surface area contributed by atoms with Crippen molar-refractivity contribution < 1.29 is 31.9 Å². The SMILES string of the molecule is CC[N+](CC)(CC)Cc1ccc(C(=O)C(C)(C)C(O)O)cc1.[Cl-]. The molecule has 5 heteroatoms. The van der Waals surface area contributed by atoms with E-state index in [9.17, 15) is 15.0 Å². The van der Waals surface area contributed by atoms with E-state index in [1.54, 1.807) is 26.0 Å². The Labute approximate surface area is 146 Å². The summed E-state index contributed by atoms with van der Waals surface area (Å²) in [5.41, 5.74) is 0.520. The number of aliphatic hydroxyl groups is 2. The smallest absolute Gasteiger partial charge is 0.173 e. The monoisotopic (exact) mass is 343 g/mol. The number of benzene rings is 1. The molecule has 0 spiro atoms. The van der Waals surface area contributed by atoms with Gasteiger partial charge in [-0.25, -0.2) is 0 Å². The summed E-state index contributed by atoms with van der Waals surface area (Å²) in [5.74, 6) is -0.253. The normalized spacial score (nSPS) is 12.2. The number of halogens is 1. The van der Waals surface area contributed by atoms with Crippen LogP contribution in [-0.4, -0.2) is 46.4 Å². The van der Waals surface area contributed by atoms with Gasteiger partial charge < -0.3 is 27.1 Å². The van der Waals surface area contributed by atoms with Gasteiger partial charge in [-0.1, -0.05) is 24.3 Å². The number of Topliss-reactive ketones (excluding diaryl/α,β-unsaturated/α-hetero) is 1. The van der Waals surface area contributed by atoms with Crippen molar-refractivity contribution in [3.63, 3.8) is 0 Å². The number of aliphatic hydroxyl groups excluding tert-OH is 1. The Kier molecular flexibility index (Phi) is 8.43. The molecule has 0 radical (unpaired) electrons. The van der Waals surface area contributed by atoms with E-state index < -0.39 is 11.7 Å². The van der Waals surface area contributed by atoms with E-state index >= 15 is 0 Å². The van der Waals surface area contributed by atoms with Gasteiger partial charge in [0.1, 0.15) is 6.54 Å². The lowest BCUT2D eigenvalue weighted by molar-refractivity contribution is -0.936. The molecule has 0 atom stereocenters. The topological polar surface area (TPSA) is 57.5 Å². The summed E-state index contributed by atoms with van der Waals surface area (Å²) in [6.07, 6.45) is -1.66. The molecule has 0 saturated heterocycles. The van der Waals surface area contributed by atoms with Gasteiger partial charge in [0.2, 0.25) is 0 Å². The average molecular weight is 344 g/mol. The molecule has 1 aromatic rings. The number of ketones is 1. The highest BCUT2D eigenvalue weighted by atomic mass is 35.5. The number of nitrogens with zero attached hydrogens (tertiary/aromatic N) is 1. The Bertz CT molecular complexity index is 485. The largest absolute Gasteiger partial charge is 1.00 e. The van der Waals surface area contributed by atoms with Crippen LogP contribution < -0.4 is 12.4 Å². The van der Waals surface area contributed by atoms with Crippen LogP contribution in [-0.2, 0) is 6.54 Å². The molecule has 1 aromatic carbocycles. The molecule has 4 nitrogen and oxygen atoms in total. The molecule has 0 aromatic heterocycles. The lowest BCUT2D eigenvalue weighted by Crippen LogP contribution is -3.00. The minimum atomic E-state index is -1.66. The second-order valence-electron chi connectivity index (χ2n) is 6.57. The number of carbonyl (C=O) groups is 1. The van der Waals surface area contributed by atoms with Crippen molar-refractivity contribution in [3.05, 3.63) is 35.4 Å². The minimum absolute atomic E-state index is 0. The van der Waals surface area contributed by atoms with Gasteiger partial charge in [-0.2, -0.15) is 0 Å². The van der Waals surface area contributed by atoms with Crippen molar-refractivity contribution >= 4 is 5.78 Å². The first-order valence-corrected chi connectivity index (χ1v) is 8.07. The fourth-order valence-electron chi connectivity index (χ4n) is 2.64. The Balaban J connectivity index is 0.00000484. The van der Waals surface area contributed by atoms with Crippen molar-refractivity contribution in [2.75, 3.05) is 19.6 Å². The third-order valence-electron chi connectivity index (χ3n) is 4.98. The van der Waals surface area contributed by atoms with Crippen LogP contribution in [0.4, 0.5) is 0 Å². The quantitative estimate of drug-likeness (QED) is 0.383. The van der Waals surface area contributed by atoms with Gasteiger partial charge in [0.15, 0.2) is 12.1 Å². The highest BCUT2D eigenvalue weighted by molar-refractivity contribution is 6.00. The Hall–Kier alpha value is -0.940. The maximum Gasteiger partial charge on any atom is 0.173 e. The second-order valence-corrected chi connectivity index (χ2v) is 6.57. The molecule has 2 N–H and O–H groups in total. The van der Waals surface area contributed by atoms with E-state index in [1.165, 1.54) is 5.56 Å². The van der Waals surface area contributed by atoms with Gasteiger partial charge in [0.25, 0.3) is 0 Å². The van der Waals surface area contributed by atoms with Crippen LogP contribution >= 0.6 is 0 Å². The maximum absolute atomic E-state index is 12.3. The van der Waals surface area contributed by atoms with Crippen molar-refractivity contribution in [2.45, 2.75) is 47.5 Å². The van der Waals surface area contributed by atoms with Crippen LogP contribution in [0.1, 0.15) is 50.5 Å². The summed E-state index contributed by atoms with van der Waals surface area (Å²) in [4.78, 5) is 12.3. The molecule has 0 saturated carbocycles. The molecular weight excluding hydrogens is 314 g/mol. The lowest BCUT2D eigenvalue weighted by atomic mass is 9.83. The highest BCUT2D eigenvalue weighted by Gasteiger charge is 2.35. The van der Waals surface area contributed by atoms with Gasteiger partial charge in [-0.15, -0.1) is 0 Å². The summed E-state index contributed by atoms with van der Waals surface area (Å²) >= 11 is 0. The Morgan fingerprint density at radius 2 is 1.48 bits per heavy atom. The third kappa shape index (κ3) is 5.01. The van der Waals surface area contributed by atoms with Crippen LogP contribution in [0, 0.1) is 5.41 Å². The predicted octanol–water partition coefficient (Wildman–Crippen LogP) is -0.413. The van der Waals surface area contributed by atoms with E-state index in [0.29, 0.717) is 5.56 Å². The zero-order valence-corrected chi connectivity index (χ0v) is 15.6. The summed E-state index contributed by atoms with van der Waals surface area (Å²) in [6.45, 7) is 13.9. The minimum Gasteiger partial charge on any atom is -1.00 e. The molecule has 0 aliphatic carbocycles. The third-order valence-corrected chi connectivity index (χ3v) is 4.98. The summed E-state index contributed by atoms with van der Waals surface area (Å²) in [7, 11) is 0. The zero-order chi connectivity index (χ0) is 17.0. The fraction of sp³-hybridized carbons (Fsp3) is 0.611. The average Bonchev–Trinajstić information content (AvgIpc) is 2.52. The van der Waals surface area contributed by atoms with E-state index in [2.05, 4.69) is 20.8 Å². The number of hydrogen-bond donors (Lipinski definition) is 2. The van der Waals surface area contributed by atoms with E-state index in [4.69, 9.17) is 0 Å². The molecule has 0 heterocycles. The van der Waals surface area contributed by atoms with E-state index in [1.807, 2.05) is 12.1 Å². The molecule has 0 amide bonds. The number of quaternary nitrogens is 1. The van der Waals surface area contributed by atoms with E-state index in [0.717, 1.165) is 30.7 Å². The number of hydrogen-bond acceptors (Lipinski definition) is 3. The first-order chi connectivity index (χ1) is 10.2. The lowest BCUT2D eigenvalue weighted by Gasteiger charge is -2.36. The molecule has 23 heavy (non-hydrogen) atoms. The standard InChI is InChI=1S/C18H30NO3.ClH/c1-6-19(7-2,8-3)13-14-9-11-15(12-10-14)16(20)18(4,5)17(21)22;/h9-12,17,21-22H,6-8,13H2,1-5H3;1H/q+1;/p-1. The predicted molar refractivity (Wildman–Crippen MR) is 88.4 cm³/mol. The van der Waals surface area contributed by atoms with Crippen molar-refractivity contribution in [1.29, 1.82) is 0 Å². The molecule has 132 valence electrons. The van der Waals surface area contributed by atoms with Crippen LogP contribution in [0.5, 0.6) is 0 Å². The van der Waals surface area contributed by atoms with Crippen LogP contribution in [0.25, 0.3) is 0 Å². The Morgan fingerprint density at radius 1 is 1.04 bits per heavy atom. The second kappa shape index (κ2) is 8.78. The van der Waals surface area contributed by atoms with Gasteiger partial charge >= 0.3 is 0 Å². The van der Waals surface area contributed by atoms with Gasteiger partial charge in [-0.05, 0) is 34.6 Å². The van der Waals surface area contributed by atoms with Crippen molar-refractivity contribution in [2.24, 2.45) is 5.41 Å². The van der Waals surface area contributed by atoms with Crippen LogP contribution in [0.2, 0.25) is 0 Å². The highest BCUT2D eigenvalue weighted by Crippen LogP contribution is 2.25. The first-order valence-electron chi connectivity index (χ1n) is 8.07. The summed E-state index contributed by atoms with van der Waals surface area (Å²) in [6, 6.07) is 7.52. The molecule has 0 bridgehead atoms. The number of rotatable bonds is 8. The first kappa shape index (κ1) is 22.1. The Morgan fingerprint density at radius 3 is 1.83 bits per heavy atom. The zero-order valence-electron chi connectivity index (χ0n) is 14.8. The summed E-state index contributed by atoms with van der Waals surface area (Å²) in [5, 5.41) is 18.7. The fourth-order valence-corrected chi connectivity index (χ4v) is 2.64. The number of carbonyl (C=O) groups excluding carboxylic acids is 1. The molecule has 0 unspecified atom stereocenters. The van der Waals surface area contributed by atoms with Gasteiger partial charge in [0.05, 0.1) is 25.0 Å². The molecule has 0 fully saturated rings. The molecule has 0 aliphatic heterocycles. The van der Waals surface area contributed by atoms with Gasteiger partial charge in [0, 0.05) is 11.1 Å². The molecular formula is C18H30ClNO3.